The van der Waals surface area contributed by atoms with E-state index in [2.05, 4.69) is 10.0 Å². The van der Waals surface area contributed by atoms with Crippen LogP contribution >= 0.6 is 11.6 Å². The van der Waals surface area contributed by atoms with Crippen LogP contribution in [0.3, 0.4) is 0 Å². The molecule has 0 aliphatic carbocycles. The molecule has 0 bridgehead atoms. The number of aromatic carboxylic acids is 1. The summed E-state index contributed by atoms with van der Waals surface area (Å²) in [5.74, 6) is -1.83. The van der Waals surface area contributed by atoms with Crippen molar-refractivity contribution in [3.8, 4) is 0 Å². The van der Waals surface area contributed by atoms with E-state index < -0.39 is 21.9 Å². The van der Waals surface area contributed by atoms with Crippen molar-refractivity contribution in [2.45, 2.75) is 4.90 Å². The molecule has 3 rings (SSSR count). The minimum Gasteiger partial charge on any atom is -0.478 e. The van der Waals surface area contributed by atoms with Crippen LogP contribution in [0.25, 0.3) is 0 Å². The Kier molecular flexibility index (Phi) is 5.86. The standard InChI is InChI=1S/C20H15ClN2O5S/c21-14-8-10-15(11-9-14)23-29(27,28)16-5-3-4-13(12-16)19(24)22-18-7-2-1-6-17(18)20(25)26/h1-12,23H,(H,22,24)(H,25,26). The molecule has 3 N–H and O–H groups in total. The minimum absolute atomic E-state index is 0.0594. The summed E-state index contributed by atoms with van der Waals surface area (Å²) in [5.41, 5.74) is 0.412. The fourth-order valence-corrected chi connectivity index (χ4v) is 3.74. The van der Waals surface area contributed by atoms with Gasteiger partial charge in [0.15, 0.2) is 0 Å². The summed E-state index contributed by atoms with van der Waals surface area (Å²) in [6.07, 6.45) is 0. The number of rotatable bonds is 6. The number of carboxylic acid groups (broad SMARTS) is 1. The highest BCUT2D eigenvalue weighted by Gasteiger charge is 2.18. The second-order valence-electron chi connectivity index (χ2n) is 5.95. The van der Waals surface area contributed by atoms with Gasteiger partial charge in [-0.05, 0) is 54.6 Å². The predicted octanol–water partition coefficient (Wildman–Crippen LogP) is 4.09. The first-order chi connectivity index (χ1) is 13.8. The maximum Gasteiger partial charge on any atom is 0.337 e. The van der Waals surface area contributed by atoms with Crippen molar-refractivity contribution in [1.82, 2.24) is 0 Å². The van der Waals surface area contributed by atoms with Gasteiger partial charge in [-0.1, -0.05) is 29.8 Å². The molecule has 0 aliphatic heterocycles. The largest absolute Gasteiger partial charge is 0.478 e. The highest BCUT2D eigenvalue weighted by atomic mass is 35.5. The van der Waals surface area contributed by atoms with Crippen LogP contribution < -0.4 is 10.0 Å². The van der Waals surface area contributed by atoms with E-state index in [1.807, 2.05) is 0 Å². The molecular weight excluding hydrogens is 416 g/mol. The molecule has 0 aliphatic rings. The maximum absolute atomic E-state index is 12.6. The van der Waals surface area contributed by atoms with Crippen LogP contribution in [0, 0.1) is 0 Å². The van der Waals surface area contributed by atoms with Crippen molar-refractivity contribution in [3.63, 3.8) is 0 Å². The van der Waals surface area contributed by atoms with E-state index in [0.717, 1.165) is 0 Å². The van der Waals surface area contributed by atoms with Gasteiger partial charge in [0, 0.05) is 16.3 Å². The molecule has 7 nitrogen and oxygen atoms in total. The number of hydrogen-bond acceptors (Lipinski definition) is 4. The zero-order chi connectivity index (χ0) is 21.0. The number of amides is 1. The van der Waals surface area contributed by atoms with Gasteiger partial charge < -0.3 is 10.4 Å². The minimum atomic E-state index is -3.94. The van der Waals surface area contributed by atoms with Gasteiger partial charge >= 0.3 is 5.97 Å². The number of benzene rings is 3. The summed E-state index contributed by atoms with van der Waals surface area (Å²) in [6.45, 7) is 0. The molecule has 0 radical (unpaired) electrons. The first kappa shape index (κ1) is 20.4. The normalized spacial score (nSPS) is 10.9. The number of nitrogens with one attached hydrogen (secondary N) is 2. The van der Waals surface area contributed by atoms with Crippen LogP contribution in [-0.2, 0) is 10.0 Å². The Bertz CT molecular complexity index is 1180. The average molecular weight is 431 g/mol. The molecule has 3 aromatic carbocycles. The highest BCUT2D eigenvalue weighted by molar-refractivity contribution is 7.92. The number of hydrogen-bond donors (Lipinski definition) is 3. The second-order valence-corrected chi connectivity index (χ2v) is 8.06. The zero-order valence-corrected chi connectivity index (χ0v) is 16.4. The molecule has 0 atom stereocenters. The van der Waals surface area contributed by atoms with Gasteiger partial charge in [0.1, 0.15) is 0 Å². The molecule has 0 saturated carbocycles. The van der Waals surface area contributed by atoms with E-state index in [4.69, 9.17) is 11.6 Å². The van der Waals surface area contributed by atoms with Crippen LogP contribution in [-0.4, -0.2) is 25.4 Å². The van der Waals surface area contributed by atoms with E-state index in [1.165, 1.54) is 54.6 Å². The van der Waals surface area contributed by atoms with Crippen LogP contribution in [0.4, 0.5) is 11.4 Å². The Labute approximate surface area is 172 Å². The molecule has 29 heavy (non-hydrogen) atoms. The first-order valence-corrected chi connectivity index (χ1v) is 10.1. The van der Waals surface area contributed by atoms with Crippen molar-refractivity contribution < 1.29 is 23.1 Å². The summed E-state index contributed by atoms with van der Waals surface area (Å²) in [4.78, 5) is 23.7. The number of carbonyl (C=O) groups excluding carboxylic acids is 1. The lowest BCUT2D eigenvalue weighted by Gasteiger charge is -2.11. The third kappa shape index (κ3) is 4.92. The van der Waals surface area contributed by atoms with Gasteiger partial charge in [-0.2, -0.15) is 0 Å². The fourth-order valence-electron chi connectivity index (χ4n) is 2.51. The molecule has 0 saturated heterocycles. The van der Waals surface area contributed by atoms with Crippen LogP contribution in [0.15, 0.2) is 77.7 Å². The van der Waals surface area contributed by atoms with Crippen LogP contribution in [0.2, 0.25) is 5.02 Å². The lowest BCUT2D eigenvalue weighted by molar-refractivity contribution is 0.0698. The first-order valence-electron chi connectivity index (χ1n) is 8.28. The molecule has 9 heteroatoms. The number of sulfonamides is 1. The van der Waals surface area contributed by atoms with E-state index >= 15 is 0 Å². The molecule has 1 amide bonds. The summed E-state index contributed by atoms with van der Waals surface area (Å²) in [5, 5.41) is 12.2. The molecular formula is C20H15ClN2O5S. The summed E-state index contributed by atoms with van der Waals surface area (Å²) in [6, 6.07) is 17.4. The second kappa shape index (κ2) is 8.34. The van der Waals surface area contributed by atoms with E-state index in [1.54, 1.807) is 18.2 Å². The van der Waals surface area contributed by atoms with Crippen molar-refractivity contribution in [2.75, 3.05) is 10.0 Å². The Balaban J connectivity index is 1.84. The van der Waals surface area contributed by atoms with E-state index in [-0.39, 0.29) is 21.7 Å². The monoisotopic (exact) mass is 430 g/mol. The molecule has 0 spiro atoms. The molecule has 3 aromatic rings. The number of anilines is 2. The molecule has 0 fully saturated rings. The van der Waals surface area contributed by atoms with E-state index in [0.29, 0.717) is 10.7 Å². The zero-order valence-electron chi connectivity index (χ0n) is 14.8. The topological polar surface area (TPSA) is 113 Å². The third-order valence-corrected chi connectivity index (χ3v) is 5.54. The van der Waals surface area contributed by atoms with Crippen LogP contribution in [0.1, 0.15) is 20.7 Å². The number of carboxylic acids is 1. The third-order valence-electron chi connectivity index (χ3n) is 3.91. The van der Waals surface area contributed by atoms with Gasteiger partial charge in [0.25, 0.3) is 15.9 Å². The Morgan fingerprint density at radius 2 is 1.59 bits per heavy atom. The summed E-state index contributed by atoms with van der Waals surface area (Å²) < 4.78 is 27.6. The van der Waals surface area contributed by atoms with Gasteiger partial charge in [-0.25, -0.2) is 13.2 Å². The maximum atomic E-state index is 12.6. The molecule has 0 unspecified atom stereocenters. The summed E-state index contributed by atoms with van der Waals surface area (Å²) in [7, 11) is -3.94. The quantitative estimate of drug-likeness (QED) is 0.545. The Morgan fingerprint density at radius 1 is 0.897 bits per heavy atom. The molecule has 148 valence electrons. The number of carbonyl (C=O) groups is 2. The lowest BCUT2D eigenvalue weighted by Crippen LogP contribution is -2.17. The van der Waals surface area contributed by atoms with Crippen molar-refractivity contribution >= 4 is 44.9 Å². The molecule has 0 heterocycles. The Hall–Kier alpha value is -3.36. The highest BCUT2D eigenvalue weighted by Crippen LogP contribution is 2.21. The summed E-state index contributed by atoms with van der Waals surface area (Å²) >= 11 is 5.79. The van der Waals surface area contributed by atoms with Gasteiger partial charge in [0.05, 0.1) is 16.1 Å². The predicted molar refractivity (Wildman–Crippen MR) is 110 cm³/mol. The van der Waals surface area contributed by atoms with Gasteiger partial charge in [-0.3, -0.25) is 9.52 Å². The number of para-hydroxylation sites is 1. The lowest BCUT2D eigenvalue weighted by atomic mass is 10.1. The van der Waals surface area contributed by atoms with Crippen molar-refractivity contribution in [2.24, 2.45) is 0 Å². The van der Waals surface area contributed by atoms with Gasteiger partial charge in [-0.15, -0.1) is 0 Å². The van der Waals surface area contributed by atoms with Crippen molar-refractivity contribution in [1.29, 1.82) is 0 Å². The van der Waals surface area contributed by atoms with Crippen LogP contribution in [0.5, 0.6) is 0 Å². The SMILES string of the molecule is O=C(Nc1ccccc1C(=O)O)c1cccc(S(=O)(=O)Nc2ccc(Cl)cc2)c1. The fraction of sp³-hybridized carbons (Fsp3) is 0. The van der Waals surface area contributed by atoms with E-state index in [9.17, 15) is 23.1 Å². The smallest absolute Gasteiger partial charge is 0.337 e. The Morgan fingerprint density at radius 3 is 2.28 bits per heavy atom. The molecule has 0 aromatic heterocycles. The average Bonchev–Trinajstić information content (AvgIpc) is 2.70. The van der Waals surface area contributed by atoms with Gasteiger partial charge in [0.2, 0.25) is 0 Å². The number of halogens is 1. The van der Waals surface area contributed by atoms with Crippen molar-refractivity contribution in [3.05, 3.63) is 88.9 Å².